The zero-order chi connectivity index (χ0) is 12.5. The smallest absolute Gasteiger partial charge is 0.183 e. The molecule has 96 valence electrons. The number of fused-ring (bicyclic) bond motifs is 1. The van der Waals surface area contributed by atoms with Crippen LogP contribution in [0.25, 0.3) is 10.2 Å². The van der Waals surface area contributed by atoms with Crippen LogP contribution in [-0.4, -0.2) is 36.6 Å². The van der Waals surface area contributed by atoms with Gasteiger partial charge in [0.05, 0.1) is 10.2 Å². The van der Waals surface area contributed by atoms with Gasteiger partial charge < -0.3 is 10.2 Å². The van der Waals surface area contributed by atoms with Gasteiger partial charge in [-0.2, -0.15) is 0 Å². The molecule has 1 atom stereocenters. The highest BCUT2D eigenvalue weighted by Crippen LogP contribution is 2.28. The minimum atomic E-state index is 0.741. The highest BCUT2D eigenvalue weighted by atomic mass is 35.5. The number of hydrogen-bond donors (Lipinski definition) is 1. The summed E-state index contributed by atoms with van der Waals surface area (Å²) >= 11 is 7.66. The molecule has 1 aliphatic rings. The predicted molar refractivity (Wildman–Crippen MR) is 78.7 cm³/mol. The molecule has 18 heavy (non-hydrogen) atoms. The van der Waals surface area contributed by atoms with Gasteiger partial charge >= 0.3 is 0 Å². The second-order valence-electron chi connectivity index (χ2n) is 4.93. The molecule has 0 bridgehead atoms. The van der Waals surface area contributed by atoms with Gasteiger partial charge in [0.15, 0.2) is 5.13 Å². The van der Waals surface area contributed by atoms with Crippen LogP contribution in [0.2, 0.25) is 5.02 Å². The van der Waals surface area contributed by atoms with Crippen molar-refractivity contribution in [2.45, 2.75) is 6.42 Å². The summed E-state index contributed by atoms with van der Waals surface area (Å²) < 4.78 is 1.19. The van der Waals surface area contributed by atoms with Crippen LogP contribution < -0.4 is 5.32 Å². The molecule has 3 nitrogen and oxygen atoms in total. The van der Waals surface area contributed by atoms with E-state index in [9.17, 15) is 0 Å². The van der Waals surface area contributed by atoms with Crippen molar-refractivity contribution in [3.63, 3.8) is 0 Å². The summed E-state index contributed by atoms with van der Waals surface area (Å²) in [6, 6.07) is 5.86. The number of nitrogens with one attached hydrogen (secondary N) is 1. The van der Waals surface area contributed by atoms with Crippen molar-refractivity contribution >= 4 is 38.3 Å². The van der Waals surface area contributed by atoms with Crippen LogP contribution in [0.5, 0.6) is 0 Å². The van der Waals surface area contributed by atoms with E-state index in [-0.39, 0.29) is 0 Å². The second kappa shape index (κ2) is 5.03. The zero-order valence-corrected chi connectivity index (χ0v) is 11.9. The van der Waals surface area contributed by atoms with E-state index in [1.54, 1.807) is 11.3 Å². The number of rotatable bonds is 3. The summed E-state index contributed by atoms with van der Waals surface area (Å²) in [7, 11) is 2.18. The Kier molecular flexibility index (Phi) is 3.41. The summed E-state index contributed by atoms with van der Waals surface area (Å²) in [6.07, 6.45) is 1.28. The summed E-state index contributed by atoms with van der Waals surface area (Å²) in [5.41, 5.74) is 0.985. The zero-order valence-electron chi connectivity index (χ0n) is 10.3. The van der Waals surface area contributed by atoms with Gasteiger partial charge in [0, 0.05) is 18.1 Å². The number of aromatic nitrogens is 1. The van der Waals surface area contributed by atoms with Crippen molar-refractivity contribution in [3.8, 4) is 0 Å². The van der Waals surface area contributed by atoms with Crippen LogP contribution in [-0.2, 0) is 0 Å². The van der Waals surface area contributed by atoms with Gasteiger partial charge in [0.2, 0.25) is 0 Å². The van der Waals surface area contributed by atoms with Gasteiger partial charge in [0.1, 0.15) is 0 Å². The molecule has 2 aromatic rings. The summed E-state index contributed by atoms with van der Waals surface area (Å²) in [5.74, 6) is 0.741. The van der Waals surface area contributed by atoms with Crippen molar-refractivity contribution in [1.82, 2.24) is 9.88 Å². The van der Waals surface area contributed by atoms with E-state index in [4.69, 9.17) is 11.6 Å². The van der Waals surface area contributed by atoms with E-state index < -0.39 is 0 Å². The van der Waals surface area contributed by atoms with Crippen molar-refractivity contribution in [2.24, 2.45) is 5.92 Å². The Labute approximate surface area is 116 Å². The van der Waals surface area contributed by atoms with Crippen LogP contribution in [0.15, 0.2) is 18.2 Å². The van der Waals surface area contributed by atoms with Crippen molar-refractivity contribution in [1.29, 1.82) is 0 Å². The molecule has 1 N–H and O–H groups in total. The monoisotopic (exact) mass is 281 g/mol. The topological polar surface area (TPSA) is 28.2 Å². The van der Waals surface area contributed by atoms with Gasteiger partial charge in [-0.3, -0.25) is 0 Å². The molecule has 0 saturated carbocycles. The maximum absolute atomic E-state index is 5.96. The number of nitrogens with zero attached hydrogens (tertiary/aromatic N) is 2. The summed E-state index contributed by atoms with van der Waals surface area (Å²) in [5, 5.41) is 5.20. The van der Waals surface area contributed by atoms with Crippen molar-refractivity contribution < 1.29 is 0 Å². The second-order valence-corrected chi connectivity index (χ2v) is 6.40. The Bertz CT molecular complexity index is 554. The third-order valence-corrected chi connectivity index (χ3v) is 4.61. The first-order chi connectivity index (χ1) is 8.70. The van der Waals surface area contributed by atoms with Gasteiger partial charge in [-0.1, -0.05) is 22.9 Å². The first kappa shape index (κ1) is 12.2. The van der Waals surface area contributed by atoms with Crippen LogP contribution in [0.4, 0.5) is 5.13 Å². The van der Waals surface area contributed by atoms with Gasteiger partial charge in [-0.25, -0.2) is 4.98 Å². The number of likely N-dealkylation sites (tertiary alicyclic amines) is 1. The van der Waals surface area contributed by atoms with Gasteiger partial charge in [-0.05, 0) is 44.1 Å². The molecule has 5 heteroatoms. The predicted octanol–water partition coefficient (Wildman–Crippen LogP) is 3.31. The van der Waals surface area contributed by atoms with E-state index in [1.165, 1.54) is 24.2 Å². The number of halogens is 1. The summed E-state index contributed by atoms with van der Waals surface area (Å²) in [6.45, 7) is 3.41. The fourth-order valence-corrected chi connectivity index (χ4v) is 3.42. The lowest BCUT2D eigenvalue weighted by atomic mass is 10.1. The number of benzene rings is 1. The maximum Gasteiger partial charge on any atom is 0.183 e. The van der Waals surface area contributed by atoms with Crippen LogP contribution in [0.3, 0.4) is 0 Å². The van der Waals surface area contributed by atoms with Crippen molar-refractivity contribution in [3.05, 3.63) is 23.2 Å². The lowest BCUT2D eigenvalue weighted by Gasteiger charge is -2.10. The van der Waals surface area contributed by atoms with Gasteiger partial charge in [-0.15, -0.1) is 0 Å². The summed E-state index contributed by atoms with van der Waals surface area (Å²) in [4.78, 5) is 6.94. The Hall–Kier alpha value is -0.840. The largest absolute Gasteiger partial charge is 0.361 e. The Morgan fingerprint density at radius 3 is 3.22 bits per heavy atom. The van der Waals surface area contributed by atoms with E-state index in [0.29, 0.717) is 0 Å². The molecule has 0 amide bonds. The normalized spacial score (nSPS) is 20.7. The number of anilines is 1. The molecule has 0 spiro atoms. The number of thiazole rings is 1. The van der Waals surface area contributed by atoms with Crippen LogP contribution in [0.1, 0.15) is 6.42 Å². The SMILES string of the molecule is CN1CCC(CNc2nc3cc(Cl)ccc3s2)C1. The van der Waals surface area contributed by atoms with Crippen molar-refractivity contribution in [2.75, 3.05) is 32.0 Å². The lowest BCUT2D eigenvalue weighted by molar-refractivity contribution is 0.399. The van der Waals surface area contributed by atoms with E-state index in [2.05, 4.69) is 22.2 Å². The highest BCUT2D eigenvalue weighted by Gasteiger charge is 2.19. The molecule has 1 unspecified atom stereocenters. The molecule has 1 fully saturated rings. The highest BCUT2D eigenvalue weighted by molar-refractivity contribution is 7.22. The first-order valence-electron chi connectivity index (χ1n) is 6.19. The molecule has 3 rings (SSSR count). The van der Waals surface area contributed by atoms with Crippen LogP contribution >= 0.6 is 22.9 Å². The molecular formula is C13H16ClN3S. The fourth-order valence-electron chi connectivity index (χ4n) is 2.40. The average molecular weight is 282 g/mol. The molecule has 0 aliphatic carbocycles. The molecule has 1 aromatic heterocycles. The standard InChI is InChI=1S/C13H16ClN3S/c1-17-5-4-9(8-17)7-15-13-16-11-6-10(14)2-3-12(11)18-13/h2-3,6,9H,4-5,7-8H2,1H3,(H,15,16). The third-order valence-electron chi connectivity index (χ3n) is 3.38. The maximum atomic E-state index is 5.96. The molecule has 1 aliphatic heterocycles. The average Bonchev–Trinajstić information content (AvgIpc) is 2.92. The quantitative estimate of drug-likeness (QED) is 0.935. The fraction of sp³-hybridized carbons (Fsp3) is 0.462. The molecule has 1 aromatic carbocycles. The Morgan fingerprint density at radius 1 is 1.56 bits per heavy atom. The van der Waals surface area contributed by atoms with E-state index >= 15 is 0 Å². The molecular weight excluding hydrogens is 266 g/mol. The van der Waals surface area contributed by atoms with E-state index in [1.807, 2.05) is 18.2 Å². The van der Waals surface area contributed by atoms with E-state index in [0.717, 1.165) is 28.1 Å². The first-order valence-corrected chi connectivity index (χ1v) is 7.38. The number of hydrogen-bond acceptors (Lipinski definition) is 4. The third kappa shape index (κ3) is 2.60. The van der Waals surface area contributed by atoms with Gasteiger partial charge in [0.25, 0.3) is 0 Å². The minimum absolute atomic E-state index is 0.741. The molecule has 1 saturated heterocycles. The Balaban J connectivity index is 1.67. The lowest BCUT2D eigenvalue weighted by Crippen LogP contribution is -2.18. The Morgan fingerprint density at radius 2 is 2.44 bits per heavy atom. The molecule has 2 heterocycles. The minimum Gasteiger partial charge on any atom is -0.361 e. The molecule has 0 radical (unpaired) electrons. The van der Waals surface area contributed by atoms with Crippen LogP contribution in [0, 0.1) is 5.92 Å².